The van der Waals surface area contributed by atoms with Crippen molar-refractivity contribution in [1.29, 1.82) is 0 Å². The lowest BCUT2D eigenvalue weighted by atomic mass is 10.4. The van der Waals surface area contributed by atoms with Crippen molar-refractivity contribution in [2.24, 2.45) is 0 Å². The van der Waals surface area contributed by atoms with Gasteiger partial charge < -0.3 is 10.6 Å². The Balaban J connectivity index is 2.67. The average Bonchev–Trinajstić information content (AvgIpc) is 2.26. The van der Waals surface area contributed by atoms with Crippen LogP contribution in [-0.4, -0.2) is 29.5 Å². The van der Waals surface area contributed by atoms with Crippen LogP contribution in [0.25, 0.3) is 0 Å². The van der Waals surface area contributed by atoms with E-state index in [0.717, 1.165) is 13.1 Å². The highest BCUT2D eigenvalue weighted by Crippen LogP contribution is 2.24. The first-order valence-electron chi connectivity index (χ1n) is 4.89. The molecule has 0 saturated carbocycles. The van der Waals surface area contributed by atoms with Gasteiger partial charge in [0, 0.05) is 25.4 Å². The Bertz CT molecular complexity index is 373. The SMILES string of the molecule is CCNCCNc1ncc(Cl)cc1[N+](=O)[O-]. The monoisotopic (exact) mass is 244 g/mol. The predicted molar refractivity (Wildman–Crippen MR) is 62.9 cm³/mol. The van der Waals surface area contributed by atoms with Crippen molar-refractivity contribution in [3.63, 3.8) is 0 Å². The molecule has 0 radical (unpaired) electrons. The van der Waals surface area contributed by atoms with Crippen molar-refractivity contribution in [3.05, 3.63) is 27.4 Å². The first kappa shape index (κ1) is 12.7. The van der Waals surface area contributed by atoms with Crippen LogP contribution in [0.4, 0.5) is 11.5 Å². The second-order valence-corrected chi connectivity index (χ2v) is 3.50. The molecule has 0 unspecified atom stereocenters. The molecule has 0 amide bonds. The van der Waals surface area contributed by atoms with Crippen LogP contribution >= 0.6 is 11.6 Å². The van der Waals surface area contributed by atoms with E-state index in [1.807, 2.05) is 6.92 Å². The quantitative estimate of drug-likeness (QED) is 0.452. The fourth-order valence-electron chi connectivity index (χ4n) is 1.15. The molecule has 1 heterocycles. The van der Waals surface area contributed by atoms with Gasteiger partial charge in [0.1, 0.15) is 0 Å². The van der Waals surface area contributed by atoms with Gasteiger partial charge in [-0.15, -0.1) is 0 Å². The fourth-order valence-corrected chi connectivity index (χ4v) is 1.30. The number of likely N-dealkylation sites (N-methyl/N-ethyl adjacent to an activating group) is 1. The molecular formula is C9H13ClN4O2. The maximum absolute atomic E-state index is 10.7. The first-order chi connectivity index (χ1) is 7.65. The van der Waals surface area contributed by atoms with Gasteiger partial charge >= 0.3 is 5.69 Å². The number of pyridine rings is 1. The number of nitro groups is 1. The van der Waals surface area contributed by atoms with E-state index < -0.39 is 4.92 Å². The van der Waals surface area contributed by atoms with Crippen LogP contribution in [0.15, 0.2) is 12.3 Å². The summed E-state index contributed by atoms with van der Waals surface area (Å²) in [7, 11) is 0. The second-order valence-electron chi connectivity index (χ2n) is 3.06. The molecule has 0 fully saturated rings. The van der Waals surface area contributed by atoms with Crippen LogP contribution in [0, 0.1) is 10.1 Å². The number of anilines is 1. The maximum Gasteiger partial charge on any atom is 0.312 e. The summed E-state index contributed by atoms with van der Waals surface area (Å²) >= 11 is 5.64. The van der Waals surface area contributed by atoms with Gasteiger partial charge in [0.15, 0.2) is 0 Å². The van der Waals surface area contributed by atoms with Crippen LogP contribution in [0.5, 0.6) is 0 Å². The summed E-state index contributed by atoms with van der Waals surface area (Å²) in [4.78, 5) is 14.1. The summed E-state index contributed by atoms with van der Waals surface area (Å²) in [6.07, 6.45) is 1.38. The van der Waals surface area contributed by atoms with Crippen LogP contribution < -0.4 is 10.6 Å². The molecule has 6 nitrogen and oxygen atoms in total. The largest absolute Gasteiger partial charge is 0.363 e. The van der Waals surface area contributed by atoms with Crippen molar-refractivity contribution in [3.8, 4) is 0 Å². The van der Waals surface area contributed by atoms with E-state index in [1.165, 1.54) is 12.3 Å². The van der Waals surface area contributed by atoms with E-state index in [1.54, 1.807) is 0 Å². The van der Waals surface area contributed by atoms with Gasteiger partial charge in [0.05, 0.1) is 9.95 Å². The zero-order chi connectivity index (χ0) is 12.0. The van der Waals surface area contributed by atoms with Crippen molar-refractivity contribution >= 4 is 23.1 Å². The van der Waals surface area contributed by atoms with Gasteiger partial charge in [-0.05, 0) is 6.54 Å². The third-order valence-electron chi connectivity index (χ3n) is 1.88. The lowest BCUT2D eigenvalue weighted by Crippen LogP contribution is -2.22. The lowest BCUT2D eigenvalue weighted by Gasteiger charge is -2.06. The van der Waals surface area contributed by atoms with Crippen LogP contribution in [-0.2, 0) is 0 Å². The zero-order valence-corrected chi connectivity index (χ0v) is 9.62. The van der Waals surface area contributed by atoms with Gasteiger partial charge in [-0.25, -0.2) is 4.98 Å². The van der Waals surface area contributed by atoms with Crippen LogP contribution in [0.2, 0.25) is 5.02 Å². The summed E-state index contributed by atoms with van der Waals surface area (Å²) in [5, 5.41) is 16.9. The number of nitrogens with one attached hydrogen (secondary N) is 2. The summed E-state index contributed by atoms with van der Waals surface area (Å²) in [5.74, 6) is 0.243. The molecule has 0 atom stereocenters. The highest BCUT2D eigenvalue weighted by atomic mass is 35.5. The summed E-state index contributed by atoms with van der Waals surface area (Å²) in [6, 6.07) is 1.28. The molecule has 2 N–H and O–H groups in total. The fraction of sp³-hybridized carbons (Fsp3) is 0.444. The highest BCUT2D eigenvalue weighted by Gasteiger charge is 2.15. The normalized spacial score (nSPS) is 10.1. The van der Waals surface area contributed by atoms with Gasteiger partial charge in [-0.3, -0.25) is 10.1 Å². The lowest BCUT2D eigenvalue weighted by molar-refractivity contribution is -0.384. The van der Waals surface area contributed by atoms with E-state index >= 15 is 0 Å². The molecule has 0 saturated heterocycles. The Morgan fingerprint density at radius 3 is 2.94 bits per heavy atom. The molecule has 0 spiro atoms. The molecule has 1 rings (SSSR count). The minimum Gasteiger partial charge on any atom is -0.363 e. The molecule has 0 aliphatic heterocycles. The Labute approximate surface area is 98.2 Å². The molecule has 1 aromatic rings. The van der Waals surface area contributed by atoms with Crippen molar-refractivity contribution in [2.45, 2.75) is 6.92 Å². The Hall–Kier alpha value is -1.40. The van der Waals surface area contributed by atoms with E-state index in [9.17, 15) is 10.1 Å². The third kappa shape index (κ3) is 3.63. The average molecular weight is 245 g/mol. The van der Waals surface area contributed by atoms with Crippen molar-refractivity contribution < 1.29 is 4.92 Å². The van der Waals surface area contributed by atoms with Gasteiger partial charge in [0.25, 0.3) is 0 Å². The molecule has 0 aromatic carbocycles. The Kier molecular flexibility index (Phi) is 4.94. The summed E-state index contributed by atoms with van der Waals surface area (Å²) in [5.41, 5.74) is -0.107. The summed E-state index contributed by atoms with van der Waals surface area (Å²) < 4.78 is 0. The van der Waals surface area contributed by atoms with E-state index in [4.69, 9.17) is 11.6 Å². The third-order valence-corrected chi connectivity index (χ3v) is 2.08. The van der Waals surface area contributed by atoms with Crippen LogP contribution in [0.3, 0.4) is 0 Å². The molecule has 0 aliphatic carbocycles. The molecular weight excluding hydrogens is 232 g/mol. The number of hydrogen-bond acceptors (Lipinski definition) is 5. The minimum absolute atomic E-state index is 0.107. The second kappa shape index (κ2) is 6.24. The Morgan fingerprint density at radius 1 is 1.56 bits per heavy atom. The van der Waals surface area contributed by atoms with Crippen molar-refractivity contribution in [1.82, 2.24) is 10.3 Å². The summed E-state index contributed by atoms with van der Waals surface area (Å²) in [6.45, 7) is 4.14. The number of rotatable bonds is 6. The smallest absolute Gasteiger partial charge is 0.312 e. The predicted octanol–water partition coefficient (Wildman–Crippen LogP) is 1.66. The highest BCUT2D eigenvalue weighted by molar-refractivity contribution is 6.30. The number of nitrogens with zero attached hydrogens (tertiary/aromatic N) is 2. The number of aromatic nitrogens is 1. The molecule has 88 valence electrons. The molecule has 7 heteroatoms. The van der Waals surface area contributed by atoms with E-state index in [-0.39, 0.29) is 16.5 Å². The van der Waals surface area contributed by atoms with Gasteiger partial charge in [-0.1, -0.05) is 18.5 Å². The molecule has 1 aromatic heterocycles. The standard InChI is InChI=1S/C9H13ClN4O2/c1-2-11-3-4-12-9-8(14(15)16)5-7(10)6-13-9/h5-6,11H,2-4H2,1H3,(H,12,13). The van der Waals surface area contributed by atoms with E-state index in [2.05, 4.69) is 15.6 Å². The van der Waals surface area contributed by atoms with Gasteiger partial charge in [-0.2, -0.15) is 0 Å². The first-order valence-corrected chi connectivity index (χ1v) is 5.27. The zero-order valence-electron chi connectivity index (χ0n) is 8.86. The van der Waals surface area contributed by atoms with Crippen molar-refractivity contribution in [2.75, 3.05) is 25.0 Å². The molecule has 0 bridgehead atoms. The number of hydrogen-bond donors (Lipinski definition) is 2. The maximum atomic E-state index is 10.7. The van der Waals surface area contributed by atoms with Gasteiger partial charge in [0.2, 0.25) is 5.82 Å². The topological polar surface area (TPSA) is 80.1 Å². The molecule has 0 aliphatic rings. The van der Waals surface area contributed by atoms with Crippen LogP contribution in [0.1, 0.15) is 6.92 Å². The Morgan fingerprint density at radius 2 is 2.31 bits per heavy atom. The number of halogens is 1. The van der Waals surface area contributed by atoms with E-state index in [0.29, 0.717) is 6.54 Å². The minimum atomic E-state index is -0.505. The molecule has 16 heavy (non-hydrogen) atoms.